The van der Waals surface area contributed by atoms with Crippen LogP contribution >= 0.6 is 0 Å². The highest BCUT2D eigenvalue weighted by Gasteiger charge is 2.97. The summed E-state index contributed by atoms with van der Waals surface area (Å²) in [4.78, 5) is 0. The van der Waals surface area contributed by atoms with Crippen LogP contribution in [-0.2, 0) is 70.2 Å². The topological polar surface area (TPSA) is 262 Å². The van der Waals surface area contributed by atoms with Crippen LogP contribution in [0.3, 0.4) is 0 Å². The van der Waals surface area contributed by atoms with Gasteiger partial charge in [-0.05, 0) is 57.8 Å². The van der Waals surface area contributed by atoms with Gasteiger partial charge in [0, 0.05) is 31.7 Å². The Morgan fingerprint density at radius 2 is 0.352 bits per heavy atom. The molecule has 652 valence electrons. The van der Waals surface area contributed by atoms with Crippen molar-refractivity contribution in [2.45, 2.75) is 394 Å². The first kappa shape index (κ1) is 109. The molecule has 0 N–H and O–H groups in total. The van der Waals surface area contributed by atoms with Crippen LogP contribution in [0.25, 0.3) is 0 Å². The predicted molar refractivity (Wildman–Crippen MR) is 419 cm³/mol. The quantitative estimate of drug-likeness (QED) is 0.0180. The monoisotopic (exact) mass is 1770 g/mol. The Morgan fingerprint density at radius 3 is 0.528 bits per heavy atom. The number of sulfonamides is 7. The fraction of sp³-hybridized carbons (Fsp3) is 1.00. The first-order valence-electron chi connectivity index (χ1n) is 41.0. The minimum Gasteiger partial charge on any atom is -1.00 e. The summed E-state index contributed by atoms with van der Waals surface area (Å²) in [6.45, 7) is 13.2. The van der Waals surface area contributed by atoms with E-state index in [0.29, 0.717) is 168 Å². The van der Waals surface area contributed by atoms with Gasteiger partial charge >= 0.3 is 17.2 Å². The third-order valence-corrected chi connectivity index (χ3v) is 30.9. The van der Waals surface area contributed by atoms with Gasteiger partial charge in [0.25, 0.3) is 0 Å². The van der Waals surface area contributed by atoms with E-state index in [-0.39, 0.29) is 120 Å². The van der Waals surface area contributed by atoms with E-state index in [4.69, 9.17) is 0 Å². The molecule has 0 aliphatic heterocycles. The number of hydrogen-bond acceptors (Lipinski definition) is 14. The van der Waals surface area contributed by atoms with E-state index in [0.717, 1.165) is 12.8 Å². The summed E-state index contributed by atoms with van der Waals surface area (Å²) in [5, 5.41) is 0. The number of nitrogens with zero attached hydrogens (tertiary/aromatic N) is 8. The van der Waals surface area contributed by atoms with Crippen molar-refractivity contribution in [3.8, 4) is 0 Å². The minimum atomic E-state index is -7.19. The van der Waals surface area contributed by atoms with Crippen molar-refractivity contribution in [2.75, 3.05) is 60.9 Å². The van der Waals surface area contributed by atoms with Gasteiger partial charge in [-0.2, -0.15) is 0 Å². The van der Waals surface area contributed by atoms with Gasteiger partial charge in [-0.25, -0.2) is 58.9 Å². The molecular formula is C71H146BrF7N8O14S7. The van der Waals surface area contributed by atoms with Crippen LogP contribution in [0.15, 0.2) is 0 Å². The highest BCUT2D eigenvalue weighted by Crippen LogP contribution is 2.61. The molecule has 108 heavy (non-hydrogen) atoms. The molecule has 0 saturated heterocycles. The van der Waals surface area contributed by atoms with Gasteiger partial charge in [0.1, 0.15) is 0 Å². The Hall–Kier alpha value is -0.680. The highest BCUT2D eigenvalue weighted by molar-refractivity contribution is 7.91. The van der Waals surface area contributed by atoms with Crippen LogP contribution in [0.1, 0.15) is 376 Å². The molecule has 0 aliphatic rings. The van der Waals surface area contributed by atoms with Gasteiger partial charge in [-0.15, -0.1) is 31.4 Å². The smallest absolute Gasteiger partial charge is 0.341 e. The maximum absolute atomic E-state index is 21.2. The van der Waals surface area contributed by atoms with E-state index in [1.807, 2.05) is 20.8 Å². The van der Waals surface area contributed by atoms with Crippen molar-refractivity contribution in [2.24, 2.45) is 0 Å². The number of hydrogen-bond donors (Lipinski definition) is 0. The van der Waals surface area contributed by atoms with E-state index in [1.54, 1.807) is 34.6 Å². The molecule has 22 nitrogen and oxygen atoms in total. The van der Waals surface area contributed by atoms with Gasteiger partial charge in [-0.1, -0.05) is 319 Å². The molecule has 0 unspecified atom stereocenters. The molecule has 0 saturated carbocycles. The van der Waals surface area contributed by atoms with E-state index >= 15 is 90.3 Å². The molecule has 0 aromatic carbocycles. The number of unbranched alkanes of at least 4 members (excludes halogenated alkanes) is 42. The molecule has 0 rings (SSSR count). The van der Waals surface area contributed by atoms with Crippen molar-refractivity contribution < 1.29 is 112 Å². The Labute approximate surface area is 663 Å². The summed E-state index contributed by atoms with van der Waals surface area (Å²) < 4.78 is 351. The van der Waals surface area contributed by atoms with Crippen molar-refractivity contribution in [1.82, 2.24) is 31.7 Å². The minimum absolute atomic E-state index is 0. The van der Waals surface area contributed by atoms with Crippen LogP contribution in [0.4, 0.5) is 31.4 Å². The number of halogens is 8. The molecule has 0 radical (unpaired) electrons. The number of likely N-dealkylation sites (N-methyl/N-ethyl adjacent to an activating group) is 1. The second kappa shape index (κ2) is 56.6. The lowest BCUT2D eigenvalue weighted by atomic mass is 9.91. The summed E-state index contributed by atoms with van der Waals surface area (Å²) in [5.41, 5.74) is -7.19. The number of quaternary nitrogens is 1. The van der Waals surface area contributed by atoms with Crippen molar-refractivity contribution in [3.63, 3.8) is 0 Å². The molecular weight excluding hydrogens is 1630 g/mol. The molecule has 0 heterocycles. The van der Waals surface area contributed by atoms with E-state index in [2.05, 4.69) is 0 Å². The van der Waals surface area contributed by atoms with Crippen molar-refractivity contribution in [1.29, 1.82) is 0 Å². The molecule has 0 bridgehead atoms. The average molecular weight is 1770 g/mol. The second-order valence-electron chi connectivity index (χ2n) is 29.9. The molecule has 0 aromatic rings. The maximum Gasteiger partial charge on any atom is 0.341 e. The van der Waals surface area contributed by atoms with Gasteiger partial charge in [0.15, 0.2) is 0 Å². The molecule has 0 fully saturated rings. The summed E-state index contributed by atoms with van der Waals surface area (Å²) in [7, 11) is -48.7. The lowest BCUT2D eigenvalue weighted by Gasteiger charge is -2.64. The molecule has 37 heteroatoms. The summed E-state index contributed by atoms with van der Waals surface area (Å²) in [6.07, 6.45) is 5.43. The molecule has 0 amide bonds. The summed E-state index contributed by atoms with van der Waals surface area (Å²) in [5.74, 6) is -26.9. The number of rotatable bonds is 75. The molecule has 0 aromatic heterocycles. The third-order valence-electron chi connectivity index (χ3n) is 20.1. The van der Waals surface area contributed by atoms with Gasteiger partial charge in [-0.3, -0.25) is 4.48 Å². The fourth-order valence-corrected chi connectivity index (χ4v) is 24.0. The zero-order valence-electron chi connectivity index (χ0n) is 67.7. The van der Waals surface area contributed by atoms with Crippen LogP contribution in [0, 0.1) is 0 Å². The SMILES string of the molecule is CCCCCCCCCC[N+](C)(C)C(N(F)S(=O)(=O)CCCCCCCC)(N(F)S(=O)(=O)CCCCCCCC)C(N(F)S(=O)(=O)CCCCCCCC)(N(F)S(=O)(=O)CCCCCCCC)C(N(F)S(=O)(=O)CCCCCCCC)(N(F)S(=O)(=O)CCCCCCCC)N(F)S(=O)(=O)CCCCCCCC.[Br-]. The van der Waals surface area contributed by atoms with Crippen LogP contribution in [0.2, 0.25) is 0 Å². The van der Waals surface area contributed by atoms with E-state index in [1.165, 1.54) is 0 Å². The van der Waals surface area contributed by atoms with Crippen molar-refractivity contribution in [3.05, 3.63) is 0 Å². The van der Waals surface area contributed by atoms with E-state index < -0.39 is 222 Å². The van der Waals surface area contributed by atoms with Gasteiger partial charge in [0.2, 0.25) is 70.2 Å². The van der Waals surface area contributed by atoms with Gasteiger partial charge in [0.05, 0.1) is 60.9 Å². The third kappa shape index (κ3) is 33.7. The Morgan fingerprint density at radius 1 is 0.213 bits per heavy atom. The van der Waals surface area contributed by atoms with Gasteiger partial charge < -0.3 is 17.0 Å². The summed E-state index contributed by atoms with van der Waals surface area (Å²) >= 11 is 0. The van der Waals surface area contributed by atoms with Crippen molar-refractivity contribution >= 4 is 70.2 Å². The fourth-order valence-electron chi connectivity index (χ4n) is 13.7. The Bertz CT molecular complexity index is 2960. The Kier molecular flexibility index (Phi) is 57.3. The lowest BCUT2D eigenvalue weighted by molar-refractivity contribution is -0.984. The second-order valence-corrected chi connectivity index (χ2v) is 43.2. The molecule has 0 aliphatic carbocycles. The summed E-state index contributed by atoms with van der Waals surface area (Å²) in [6, 6.07) is 0. The molecule has 0 atom stereocenters. The largest absolute Gasteiger partial charge is 1.00 e. The zero-order chi connectivity index (χ0) is 81.6. The van der Waals surface area contributed by atoms with Crippen LogP contribution in [0.5, 0.6) is 0 Å². The average Bonchev–Trinajstić information content (AvgIpc) is 0.641. The normalized spacial score (nSPS) is 13.8. The Balaban J connectivity index is 0. The molecule has 0 spiro atoms. The zero-order valence-corrected chi connectivity index (χ0v) is 75.0. The highest BCUT2D eigenvalue weighted by atomic mass is 79.9. The van der Waals surface area contributed by atoms with Crippen LogP contribution in [-0.4, -0.2) is 173 Å². The van der Waals surface area contributed by atoms with E-state index in [9.17, 15) is 0 Å². The first-order valence-corrected chi connectivity index (χ1v) is 52.2. The predicted octanol–water partition coefficient (Wildman–Crippen LogP) is 16.3. The van der Waals surface area contributed by atoms with Crippen LogP contribution < -0.4 is 17.0 Å². The lowest BCUT2D eigenvalue weighted by Crippen LogP contribution is -3.00. The first-order chi connectivity index (χ1) is 50.3. The maximum atomic E-state index is 21.2. The standard InChI is InChI=1S/C71H146F7N8O14S7.BrH/c1-11-19-27-35-43-44-45-53-61-86(9,10)71(84(77)106(97,98)67-59-51-41-33-25-17-7,85(78)107(99,100)68-60-52-42-34-26-18-8)69(79(72)101(87,88)62-54-46-36-28-20-12-2,80(73)102(89,90)63-55-47-37-29-21-13-3)70(81(74)103(91,92)64-56-48-38-30-22-14-4,82(75)104(93,94)65-57-49-39-31-23-15-5)83(76)105(95,96)66-58-50-40-32-24-16-6;/h11-68H2,1-10H3;1H/q+1;/p-1.